The first-order valence-electron chi connectivity index (χ1n) is 6.27. The summed E-state index contributed by atoms with van der Waals surface area (Å²) in [7, 11) is 0. The number of hydrogen-bond acceptors (Lipinski definition) is 4. The molecule has 1 aromatic rings. The zero-order valence-corrected chi connectivity index (χ0v) is 10.9. The minimum Gasteiger partial charge on any atom is -0.396 e. The normalized spacial score (nSPS) is 22.6. The third-order valence-corrected chi connectivity index (χ3v) is 3.93. The Kier molecular flexibility index (Phi) is 3.09. The summed E-state index contributed by atoms with van der Waals surface area (Å²) >= 11 is 6.07. The second-order valence-electron chi connectivity index (χ2n) is 4.81. The number of benzene rings is 1. The molecule has 0 unspecified atom stereocenters. The highest BCUT2D eigenvalue weighted by Crippen LogP contribution is 2.36. The Morgan fingerprint density at radius 1 is 1.28 bits per heavy atom. The van der Waals surface area contributed by atoms with E-state index in [0.29, 0.717) is 23.9 Å². The largest absolute Gasteiger partial charge is 0.396 e. The number of piperidine rings is 1. The van der Waals surface area contributed by atoms with Gasteiger partial charge in [-0.25, -0.2) is 0 Å². The minimum absolute atomic E-state index is 0.437. The van der Waals surface area contributed by atoms with Crippen molar-refractivity contribution < 1.29 is 9.47 Å². The molecular weight excluding hydrogens is 252 g/mol. The lowest BCUT2D eigenvalue weighted by Crippen LogP contribution is -2.49. The topological polar surface area (TPSA) is 47.7 Å². The van der Waals surface area contributed by atoms with Crippen LogP contribution in [0.2, 0.25) is 5.02 Å². The van der Waals surface area contributed by atoms with Crippen molar-refractivity contribution in [2.24, 2.45) is 0 Å². The van der Waals surface area contributed by atoms with E-state index in [1.807, 2.05) is 18.2 Å². The van der Waals surface area contributed by atoms with Gasteiger partial charge in [0.1, 0.15) is 0 Å². The highest BCUT2D eigenvalue weighted by molar-refractivity contribution is 6.33. The number of nitrogens with two attached hydrogens (primary N) is 1. The van der Waals surface area contributed by atoms with Gasteiger partial charge in [-0.1, -0.05) is 17.7 Å². The van der Waals surface area contributed by atoms with Crippen LogP contribution in [0, 0.1) is 0 Å². The number of ether oxygens (including phenoxy) is 2. The molecule has 2 heterocycles. The Labute approximate surface area is 112 Å². The summed E-state index contributed by atoms with van der Waals surface area (Å²) in [6, 6.07) is 5.73. The molecule has 4 nitrogen and oxygen atoms in total. The van der Waals surface area contributed by atoms with Gasteiger partial charge in [-0.05, 0) is 18.6 Å². The first kappa shape index (κ1) is 12.1. The van der Waals surface area contributed by atoms with Gasteiger partial charge in [-0.2, -0.15) is 0 Å². The van der Waals surface area contributed by atoms with Gasteiger partial charge in [0.15, 0.2) is 5.79 Å². The Morgan fingerprint density at radius 3 is 2.83 bits per heavy atom. The quantitative estimate of drug-likeness (QED) is 0.794. The molecular formula is C13H17ClN2O2. The summed E-state index contributed by atoms with van der Waals surface area (Å²) < 4.78 is 11.5. The lowest BCUT2D eigenvalue weighted by atomic mass is 10.0. The molecule has 2 fully saturated rings. The maximum atomic E-state index is 6.07. The Bertz CT molecular complexity index is 447. The number of anilines is 2. The molecule has 2 saturated heterocycles. The van der Waals surface area contributed by atoms with E-state index >= 15 is 0 Å². The SMILES string of the molecule is Nc1c(Cl)cccc1N1CCCC2(C1)OCCO2. The lowest BCUT2D eigenvalue weighted by molar-refractivity contribution is -0.161. The number of hydrogen-bond donors (Lipinski definition) is 1. The molecule has 0 bridgehead atoms. The highest BCUT2D eigenvalue weighted by Gasteiger charge is 2.41. The fraction of sp³-hybridized carbons (Fsp3) is 0.538. The summed E-state index contributed by atoms with van der Waals surface area (Å²) in [6.45, 7) is 3.04. The van der Waals surface area contributed by atoms with Gasteiger partial charge in [0, 0.05) is 13.0 Å². The molecule has 0 atom stereocenters. The number of para-hydroxylation sites is 1. The van der Waals surface area contributed by atoms with E-state index in [2.05, 4.69) is 4.90 Å². The molecule has 2 aliphatic heterocycles. The van der Waals surface area contributed by atoms with Crippen LogP contribution >= 0.6 is 11.6 Å². The van der Waals surface area contributed by atoms with Crippen molar-refractivity contribution in [3.8, 4) is 0 Å². The predicted molar refractivity (Wildman–Crippen MR) is 71.9 cm³/mol. The van der Waals surface area contributed by atoms with Crippen molar-refractivity contribution >= 4 is 23.0 Å². The standard InChI is InChI=1S/C13H17ClN2O2/c14-10-3-1-4-11(12(10)15)16-6-2-5-13(9-16)17-7-8-18-13/h1,3-4H,2,5-9,15H2. The minimum atomic E-state index is -0.437. The van der Waals surface area contributed by atoms with E-state index < -0.39 is 5.79 Å². The van der Waals surface area contributed by atoms with E-state index in [0.717, 1.165) is 31.6 Å². The average molecular weight is 269 g/mol. The molecule has 0 aliphatic carbocycles. The summed E-state index contributed by atoms with van der Waals surface area (Å²) in [5.74, 6) is -0.437. The fourth-order valence-corrected chi connectivity index (χ4v) is 2.90. The van der Waals surface area contributed by atoms with Gasteiger partial charge in [-0.15, -0.1) is 0 Å². The lowest BCUT2D eigenvalue weighted by Gasteiger charge is -2.40. The van der Waals surface area contributed by atoms with Gasteiger partial charge >= 0.3 is 0 Å². The van der Waals surface area contributed by atoms with Crippen LogP contribution in [-0.2, 0) is 9.47 Å². The maximum Gasteiger partial charge on any atom is 0.186 e. The maximum absolute atomic E-state index is 6.07. The molecule has 18 heavy (non-hydrogen) atoms. The molecule has 1 aromatic carbocycles. The van der Waals surface area contributed by atoms with Crippen molar-refractivity contribution in [3.05, 3.63) is 23.2 Å². The van der Waals surface area contributed by atoms with Crippen LogP contribution in [0.3, 0.4) is 0 Å². The van der Waals surface area contributed by atoms with Crippen LogP contribution in [0.15, 0.2) is 18.2 Å². The Balaban J connectivity index is 1.85. The second kappa shape index (κ2) is 4.61. The van der Waals surface area contributed by atoms with Gasteiger partial charge in [0.25, 0.3) is 0 Å². The monoisotopic (exact) mass is 268 g/mol. The Morgan fingerprint density at radius 2 is 2.06 bits per heavy atom. The van der Waals surface area contributed by atoms with Crippen LogP contribution in [0.25, 0.3) is 0 Å². The van der Waals surface area contributed by atoms with E-state index in [9.17, 15) is 0 Å². The smallest absolute Gasteiger partial charge is 0.186 e. The average Bonchev–Trinajstić information content (AvgIpc) is 2.81. The number of nitrogen functional groups attached to an aromatic ring is 1. The Hall–Kier alpha value is -0.970. The summed E-state index contributed by atoms with van der Waals surface area (Å²) in [6.07, 6.45) is 1.98. The van der Waals surface area contributed by atoms with E-state index in [1.54, 1.807) is 0 Å². The third-order valence-electron chi connectivity index (χ3n) is 3.60. The number of halogens is 1. The molecule has 0 amide bonds. The molecule has 98 valence electrons. The first-order valence-corrected chi connectivity index (χ1v) is 6.65. The van der Waals surface area contributed by atoms with Crippen LogP contribution in [0.1, 0.15) is 12.8 Å². The van der Waals surface area contributed by atoms with Gasteiger partial charge in [-0.3, -0.25) is 0 Å². The highest BCUT2D eigenvalue weighted by atomic mass is 35.5. The first-order chi connectivity index (χ1) is 8.70. The van der Waals surface area contributed by atoms with Crippen LogP contribution < -0.4 is 10.6 Å². The molecule has 0 radical (unpaired) electrons. The summed E-state index contributed by atoms with van der Waals surface area (Å²) in [5, 5.41) is 0.598. The molecule has 3 rings (SSSR count). The molecule has 5 heteroatoms. The van der Waals surface area contributed by atoms with Gasteiger partial charge in [0.05, 0.1) is 36.2 Å². The van der Waals surface area contributed by atoms with Crippen molar-refractivity contribution in [1.82, 2.24) is 0 Å². The molecule has 1 spiro atoms. The van der Waals surface area contributed by atoms with E-state index in [4.69, 9.17) is 26.8 Å². The molecule has 0 aromatic heterocycles. The number of nitrogens with zero attached hydrogens (tertiary/aromatic N) is 1. The zero-order valence-electron chi connectivity index (χ0n) is 10.2. The second-order valence-corrected chi connectivity index (χ2v) is 5.21. The molecule has 2 N–H and O–H groups in total. The van der Waals surface area contributed by atoms with Gasteiger partial charge in [0.2, 0.25) is 0 Å². The van der Waals surface area contributed by atoms with Crippen molar-refractivity contribution in [1.29, 1.82) is 0 Å². The fourth-order valence-electron chi connectivity index (χ4n) is 2.73. The van der Waals surface area contributed by atoms with E-state index in [-0.39, 0.29) is 0 Å². The van der Waals surface area contributed by atoms with Crippen LogP contribution in [0.5, 0.6) is 0 Å². The predicted octanol–water partition coefficient (Wildman–Crippen LogP) is 2.27. The summed E-state index contributed by atoms with van der Waals surface area (Å²) in [4.78, 5) is 2.20. The van der Waals surface area contributed by atoms with Crippen molar-refractivity contribution in [2.75, 3.05) is 36.9 Å². The van der Waals surface area contributed by atoms with Crippen molar-refractivity contribution in [3.63, 3.8) is 0 Å². The van der Waals surface area contributed by atoms with Crippen LogP contribution in [0.4, 0.5) is 11.4 Å². The number of rotatable bonds is 1. The van der Waals surface area contributed by atoms with Crippen LogP contribution in [-0.4, -0.2) is 32.1 Å². The zero-order chi connectivity index (χ0) is 12.6. The summed E-state index contributed by atoms with van der Waals surface area (Å²) in [5.41, 5.74) is 7.65. The molecule has 2 aliphatic rings. The van der Waals surface area contributed by atoms with Gasteiger partial charge < -0.3 is 20.1 Å². The van der Waals surface area contributed by atoms with Crippen molar-refractivity contribution in [2.45, 2.75) is 18.6 Å². The molecule has 0 saturated carbocycles. The van der Waals surface area contributed by atoms with E-state index in [1.165, 1.54) is 0 Å². The third kappa shape index (κ3) is 2.05.